The van der Waals surface area contributed by atoms with Gasteiger partial charge in [0.1, 0.15) is 6.33 Å². The van der Waals surface area contributed by atoms with Crippen molar-refractivity contribution in [2.45, 2.75) is 25.2 Å². The number of rotatable bonds is 3. The average Bonchev–Trinajstić information content (AvgIpc) is 3.21. The second kappa shape index (κ2) is 4.82. The molecule has 5 nitrogen and oxygen atoms in total. The van der Waals surface area contributed by atoms with E-state index in [4.69, 9.17) is 10.00 Å². The third-order valence-electron chi connectivity index (χ3n) is 4.65. The normalized spacial score (nSPS) is 15.3. The number of fused-ring (bicyclic) bond motifs is 1. The molecular formula is C18H16N4O. The molecule has 3 aromatic rings. The molecule has 0 unspecified atom stereocenters. The van der Waals surface area contributed by atoms with E-state index >= 15 is 0 Å². The van der Waals surface area contributed by atoms with Gasteiger partial charge in [-0.05, 0) is 42.0 Å². The van der Waals surface area contributed by atoms with Gasteiger partial charge in [-0.1, -0.05) is 13.0 Å². The lowest BCUT2D eigenvalue weighted by Crippen LogP contribution is -2.00. The van der Waals surface area contributed by atoms with Crippen LogP contribution in [0.4, 0.5) is 0 Å². The van der Waals surface area contributed by atoms with Gasteiger partial charge >= 0.3 is 0 Å². The minimum absolute atomic E-state index is 0.161. The number of ether oxygens (including phenoxy) is 1. The molecule has 1 saturated carbocycles. The molecule has 4 rings (SSSR count). The molecule has 0 saturated heterocycles. The first-order valence-corrected chi connectivity index (χ1v) is 7.57. The van der Waals surface area contributed by atoms with Crippen molar-refractivity contribution >= 4 is 11.0 Å². The van der Waals surface area contributed by atoms with Gasteiger partial charge in [0, 0.05) is 11.9 Å². The van der Waals surface area contributed by atoms with E-state index in [0.29, 0.717) is 11.4 Å². The molecule has 0 radical (unpaired) electrons. The largest absolute Gasteiger partial charge is 0.480 e. The van der Waals surface area contributed by atoms with Gasteiger partial charge in [0.25, 0.3) is 0 Å². The topological polar surface area (TPSA) is 63.7 Å². The van der Waals surface area contributed by atoms with Gasteiger partial charge in [-0.25, -0.2) is 9.97 Å². The van der Waals surface area contributed by atoms with Crippen molar-refractivity contribution in [3.05, 3.63) is 47.9 Å². The van der Waals surface area contributed by atoms with Crippen molar-refractivity contribution in [1.82, 2.24) is 14.5 Å². The molecule has 0 atom stereocenters. The summed E-state index contributed by atoms with van der Waals surface area (Å²) in [5.41, 5.74) is 3.74. The maximum atomic E-state index is 9.14. The first-order valence-electron chi connectivity index (χ1n) is 7.57. The molecule has 0 spiro atoms. The Labute approximate surface area is 134 Å². The van der Waals surface area contributed by atoms with Crippen molar-refractivity contribution in [2.75, 3.05) is 7.11 Å². The summed E-state index contributed by atoms with van der Waals surface area (Å²) in [5.74, 6) is 0.605. The van der Waals surface area contributed by atoms with E-state index in [0.717, 1.165) is 29.6 Å². The van der Waals surface area contributed by atoms with Crippen LogP contribution in [0.25, 0.3) is 16.7 Å². The zero-order valence-electron chi connectivity index (χ0n) is 13.1. The van der Waals surface area contributed by atoms with Crippen molar-refractivity contribution in [1.29, 1.82) is 5.26 Å². The van der Waals surface area contributed by atoms with Crippen LogP contribution in [0.3, 0.4) is 0 Å². The van der Waals surface area contributed by atoms with Crippen LogP contribution in [-0.4, -0.2) is 21.6 Å². The average molecular weight is 304 g/mol. The van der Waals surface area contributed by atoms with Gasteiger partial charge in [-0.3, -0.25) is 0 Å². The number of hydrogen-bond donors (Lipinski definition) is 0. The Balaban J connectivity index is 2.03. The van der Waals surface area contributed by atoms with Gasteiger partial charge in [0.2, 0.25) is 5.88 Å². The van der Waals surface area contributed by atoms with E-state index in [1.807, 2.05) is 22.8 Å². The molecule has 1 aromatic carbocycles. The number of aromatic nitrogens is 3. The SMILES string of the molecule is COc1ncnc2c1c(C1(C)CC1)cn2-c1cccc(C#N)c1. The first kappa shape index (κ1) is 13.8. The van der Waals surface area contributed by atoms with Gasteiger partial charge in [0.15, 0.2) is 5.65 Å². The smallest absolute Gasteiger partial charge is 0.226 e. The van der Waals surface area contributed by atoms with E-state index < -0.39 is 0 Å². The van der Waals surface area contributed by atoms with Crippen molar-refractivity contribution < 1.29 is 4.74 Å². The monoisotopic (exact) mass is 304 g/mol. The maximum Gasteiger partial charge on any atom is 0.226 e. The fourth-order valence-electron chi connectivity index (χ4n) is 3.03. The highest BCUT2D eigenvalue weighted by atomic mass is 16.5. The van der Waals surface area contributed by atoms with Crippen LogP contribution in [0.2, 0.25) is 0 Å². The Hall–Kier alpha value is -2.87. The van der Waals surface area contributed by atoms with Crippen molar-refractivity contribution in [2.24, 2.45) is 0 Å². The van der Waals surface area contributed by atoms with Crippen LogP contribution in [0, 0.1) is 11.3 Å². The predicted octanol–water partition coefficient (Wildman–Crippen LogP) is 3.35. The lowest BCUT2D eigenvalue weighted by Gasteiger charge is -2.07. The van der Waals surface area contributed by atoms with Crippen LogP contribution < -0.4 is 4.74 Å². The lowest BCUT2D eigenvalue weighted by molar-refractivity contribution is 0.402. The third kappa shape index (κ3) is 2.07. The van der Waals surface area contributed by atoms with Gasteiger partial charge in [-0.15, -0.1) is 0 Å². The van der Waals surface area contributed by atoms with E-state index in [9.17, 15) is 0 Å². The minimum Gasteiger partial charge on any atom is -0.480 e. The standard InChI is InChI=1S/C18H16N4O/c1-18(6-7-18)14-10-22(13-5-3-4-12(8-13)9-19)16-15(14)17(23-2)21-11-20-16/h3-5,8,10-11H,6-7H2,1-2H3. The Morgan fingerprint density at radius 2 is 2.13 bits per heavy atom. The predicted molar refractivity (Wildman–Crippen MR) is 86.7 cm³/mol. The Kier molecular flexibility index (Phi) is 2.88. The molecule has 2 aromatic heterocycles. The molecule has 23 heavy (non-hydrogen) atoms. The number of methoxy groups -OCH3 is 1. The Bertz CT molecular complexity index is 947. The van der Waals surface area contributed by atoms with Gasteiger partial charge < -0.3 is 9.30 Å². The van der Waals surface area contributed by atoms with Crippen molar-refractivity contribution in [3.8, 4) is 17.6 Å². The summed E-state index contributed by atoms with van der Waals surface area (Å²) in [5, 5.41) is 10.1. The first-order chi connectivity index (χ1) is 11.2. The maximum absolute atomic E-state index is 9.14. The number of nitriles is 1. The summed E-state index contributed by atoms with van der Waals surface area (Å²) in [4.78, 5) is 8.74. The summed E-state index contributed by atoms with van der Waals surface area (Å²) in [6, 6.07) is 9.72. The van der Waals surface area contributed by atoms with Crippen LogP contribution in [0.5, 0.6) is 5.88 Å². The Morgan fingerprint density at radius 3 is 2.83 bits per heavy atom. The number of benzene rings is 1. The van der Waals surface area contributed by atoms with Gasteiger partial charge in [0.05, 0.1) is 24.1 Å². The van der Waals surface area contributed by atoms with Gasteiger partial charge in [-0.2, -0.15) is 5.26 Å². The zero-order chi connectivity index (χ0) is 16.0. The molecule has 0 bridgehead atoms. The van der Waals surface area contributed by atoms with Crippen molar-refractivity contribution in [3.63, 3.8) is 0 Å². The molecule has 0 amide bonds. The highest BCUT2D eigenvalue weighted by Crippen LogP contribution is 2.51. The summed E-state index contributed by atoms with van der Waals surface area (Å²) in [6.07, 6.45) is 5.95. The van der Waals surface area contributed by atoms with Crippen LogP contribution in [-0.2, 0) is 5.41 Å². The van der Waals surface area contributed by atoms with Crippen LogP contribution in [0.1, 0.15) is 30.9 Å². The fourth-order valence-corrected chi connectivity index (χ4v) is 3.03. The molecular weight excluding hydrogens is 288 g/mol. The summed E-state index contributed by atoms with van der Waals surface area (Å²) >= 11 is 0. The highest BCUT2D eigenvalue weighted by molar-refractivity contribution is 5.88. The van der Waals surface area contributed by atoms with E-state index in [1.54, 1.807) is 13.2 Å². The summed E-state index contributed by atoms with van der Waals surface area (Å²) in [7, 11) is 1.63. The molecule has 2 heterocycles. The summed E-state index contributed by atoms with van der Waals surface area (Å²) in [6.45, 7) is 2.25. The fraction of sp³-hybridized carbons (Fsp3) is 0.278. The molecule has 5 heteroatoms. The molecule has 0 aliphatic heterocycles. The molecule has 114 valence electrons. The number of hydrogen-bond acceptors (Lipinski definition) is 4. The highest BCUT2D eigenvalue weighted by Gasteiger charge is 2.42. The van der Waals surface area contributed by atoms with E-state index in [1.165, 1.54) is 11.9 Å². The van der Waals surface area contributed by atoms with E-state index in [2.05, 4.69) is 29.2 Å². The quantitative estimate of drug-likeness (QED) is 0.744. The number of nitrogens with zero attached hydrogens (tertiary/aromatic N) is 4. The molecule has 0 N–H and O–H groups in total. The molecule has 1 fully saturated rings. The molecule has 1 aliphatic carbocycles. The van der Waals surface area contributed by atoms with Crippen LogP contribution in [0.15, 0.2) is 36.8 Å². The second-order valence-corrected chi connectivity index (χ2v) is 6.22. The summed E-state index contributed by atoms with van der Waals surface area (Å²) < 4.78 is 7.50. The Morgan fingerprint density at radius 1 is 1.30 bits per heavy atom. The molecule has 1 aliphatic rings. The third-order valence-corrected chi connectivity index (χ3v) is 4.65. The second-order valence-electron chi connectivity index (χ2n) is 6.22. The minimum atomic E-state index is 0.161. The zero-order valence-corrected chi connectivity index (χ0v) is 13.1. The lowest BCUT2D eigenvalue weighted by atomic mass is 9.99. The van der Waals surface area contributed by atoms with E-state index in [-0.39, 0.29) is 5.41 Å². The van der Waals surface area contributed by atoms with Crippen LogP contribution >= 0.6 is 0 Å².